The van der Waals surface area contributed by atoms with Gasteiger partial charge in [-0.15, -0.1) is 0 Å². The predicted octanol–water partition coefficient (Wildman–Crippen LogP) is 5.16. The first-order valence-electron chi connectivity index (χ1n) is 11.1. The molecule has 1 N–H and O–H groups in total. The van der Waals surface area contributed by atoms with Gasteiger partial charge in [0.2, 0.25) is 0 Å². The van der Waals surface area contributed by atoms with E-state index in [-0.39, 0.29) is 6.10 Å². The minimum atomic E-state index is -1.01. The molecule has 8 atom stereocenters. The van der Waals surface area contributed by atoms with Crippen molar-refractivity contribution in [3.63, 3.8) is 0 Å². The Balaban J connectivity index is 1.56. The van der Waals surface area contributed by atoms with E-state index >= 15 is 0 Å². The maximum absolute atomic E-state index is 10.2. The summed E-state index contributed by atoms with van der Waals surface area (Å²) in [6.07, 6.45) is 12.4. The molecule has 0 aromatic rings. The standard InChI is InChI=1S/C23H40O3/c1-21(2,24)26-16-8-6-15-7-9-17-18-10-11-20(25-5)22(18,3)13-12-19(17)23(15,4)14-16/h15-20,24H,6-14H2,1-5H3/t15-,16-,17+,18+,19+,20+,22+,23+/m1/s1. The van der Waals surface area contributed by atoms with Gasteiger partial charge in [-0.25, -0.2) is 0 Å². The number of rotatable bonds is 3. The Labute approximate surface area is 160 Å². The molecule has 0 aromatic heterocycles. The number of aliphatic hydroxyl groups is 1. The Morgan fingerprint density at radius 2 is 1.58 bits per heavy atom. The highest BCUT2D eigenvalue weighted by Gasteiger charge is 2.60. The lowest BCUT2D eigenvalue weighted by molar-refractivity contribution is -0.233. The third-order valence-electron chi connectivity index (χ3n) is 9.22. The van der Waals surface area contributed by atoms with Crippen molar-refractivity contribution in [3.05, 3.63) is 0 Å². The maximum Gasteiger partial charge on any atom is 0.160 e. The van der Waals surface area contributed by atoms with E-state index < -0.39 is 5.79 Å². The van der Waals surface area contributed by atoms with Gasteiger partial charge in [0.25, 0.3) is 0 Å². The number of ether oxygens (including phenoxy) is 2. The van der Waals surface area contributed by atoms with Crippen molar-refractivity contribution < 1.29 is 14.6 Å². The molecule has 0 amide bonds. The Hall–Kier alpha value is -0.120. The van der Waals surface area contributed by atoms with Crippen LogP contribution in [0.2, 0.25) is 0 Å². The first-order chi connectivity index (χ1) is 12.2. The molecule has 4 saturated carbocycles. The van der Waals surface area contributed by atoms with Crippen molar-refractivity contribution in [1.82, 2.24) is 0 Å². The lowest BCUT2D eigenvalue weighted by atomic mass is 9.45. The first kappa shape index (κ1) is 19.2. The molecule has 4 aliphatic rings. The summed E-state index contributed by atoms with van der Waals surface area (Å²) in [5.74, 6) is 2.40. The highest BCUT2D eigenvalue weighted by Crippen LogP contribution is 2.66. The number of methoxy groups -OCH3 is 1. The van der Waals surface area contributed by atoms with E-state index in [1.807, 2.05) is 7.11 Å². The van der Waals surface area contributed by atoms with Gasteiger partial charge in [0.15, 0.2) is 5.79 Å². The van der Waals surface area contributed by atoms with Gasteiger partial charge in [0.1, 0.15) is 0 Å². The lowest BCUT2D eigenvalue weighted by Gasteiger charge is -2.61. The summed E-state index contributed by atoms with van der Waals surface area (Å²) in [6.45, 7) is 8.64. The van der Waals surface area contributed by atoms with E-state index in [0.717, 1.165) is 36.5 Å². The number of fused-ring (bicyclic) bond motifs is 5. The summed E-state index contributed by atoms with van der Waals surface area (Å²) in [7, 11) is 1.92. The maximum atomic E-state index is 10.2. The lowest BCUT2D eigenvalue weighted by Crippen LogP contribution is -2.55. The Morgan fingerprint density at radius 3 is 2.27 bits per heavy atom. The molecule has 0 aromatic carbocycles. The molecule has 0 radical (unpaired) electrons. The van der Waals surface area contributed by atoms with Crippen molar-refractivity contribution >= 4 is 0 Å². The van der Waals surface area contributed by atoms with E-state index in [2.05, 4.69) is 13.8 Å². The smallest absolute Gasteiger partial charge is 0.160 e. The quantitative estimate of drug-likeness (QED) is 0.703. The average Bonchev–Trinajstić information content (AvgIpc) is 2.89. The van der Waals surface area contributed by atoms with Gasteiger partial charge in [-0.2, -0.15) is 0 Å². The van der Waals surface area contributed by atoms with Crippen LogP contribution < -0.4 is 0 Å². The molecule has 3 heteroatoms. The third kappa shape index (κ3) is 2.97. The minimum Gasteiger partial charge on any atom is -0.381 e. The fourth-order valence-corrected chi connectivity index (χ4v) is 8.15. The molecular formula is C23H40O3. The first-order valence-corrected chi connectivity index (χ1v) is 11.1. The average molecular weight is 365 g/mol. The number of hydrogen-bond donors (Lipinski definition) is 1. The van der Waals surface area contributed by atoms with Crippen LogP contribution in [0.3, 0.4) is 0 Å². The van der Waals surface area contributed by atoms with E-state index in [0.29, 0.717) is 16.9 Å². The second-order valence-electron chi connectivity index (χ2n) is 11.0. The molecule has 150 valence electrons. The summed E-state index contributed by atoms with van der Waals surface area (Å²) in [5.41, 5.74) is 0.792. The molecule has 0 bridgehead atoms. The SMILES string of the molecule is CO[C@H]1CC[C@H]2[C@@H]3CC[C@H]4CC[C@@H](OC(C)(C)O)C[C@]4(C)[C@H]3CC[C@]12C. The Kier molecular flexibility index (Phi) is 4.77. The second-order valence-corrected chi connectivity index (χ2v) is 11.0. The van der Waals surface area contributed by atoms with Gasteiger partial charge in [-0.1, -0.05) is 13.8 Å². The highest BCUT2D eigenvalue weighted by atomic mass is 16.6. The summed E-state index contributed by atoms with van der Waals surface area (Å²) in [5, 5.41) is 10.2. The molecule has 26 heavy (non-hydrogen) atoms. The van der Waals surface area contributed by atoms with E-state index in [1.165, 1.54) is 44.9 Å². The summed E-state index contributed by atoms with van der Waals surface area (Å²) >= 11 is 0. The third-order valence-corrected chi connectivity index (χ3v) is 9.22. The predicted molar refractivity (Wildman–Crippen MR) is 104 cm³/mol. The van der Waals surface area contributed by atoms with Crippen LogP contribution in [0.15, 0.2) is 0 Å². The van der Waals surface area contributed by atoms with Crippen LogP contribution in [-0.4, -0.2) is 30.2 Å². The van der Waals surface area contributed by atoms with Crippen LogP contribution in [-0.2, 0) is 9.47 Å². The van der Waals surface area contributed by atoms with Gasteiger partial charge in [-0.05, 0) is 106 Å². The van der Waals surface area contributed by atoms with Gasteiger partial charge in [0.05, 0.1) is 12.2 Å². The summed E-state index contributed by atoms with van der Waals surface area (Å²) in [6, 6.07) is 0. The molecule has 4 rings (SSSR count). The van der Waals surface area contributed by atoms with Crippen molar-refractivity contribution in [2.75, 3.05) is 7.11 Å². The van der Waals surface area contributed by atoms with Crippen LogP contribution in [0.25, 0.3) is 0 Å². The van der Waals surface area contributed by atoms with E-state index in [4.69, 9.17) is 9.47 Å². The molecule has 0 aliphatic heterocycles. The molecule has 0 spiro atoms. The van der Waals surface area contributed by atoms with E-state index in [1.54, 1.807) is 13.8 Å². The fourth-order valence-electron chi connectivity index (χ4n) is 8.15. The van der Waals surface area contributed by atoms with Gasteiger partial charge >= 0.3 is 0 Å². The van der Waals surface area contributed by atoms with Crippen LogP contribution >= 0.6 is 0 Å². The van der Waals surface area contributed by atoms with Crippen molar-refractivity contribution in [2.24, 2.45) is 34.5 Å². The molecular weight excluding hydrogens is 324 g/mol. The van der Waals surface area contributed by atoms with Crippen LogP contribution in [0.4, 0.5) is 0 Å². The zero-order valence-corrected chi connectivity index (χ0v) is 17.6. The molecule has 3 nitrogen and oxygen atoms in total. The zero-order chi connectivity index (χ0) is 18.7. The van der Waals surface area contributed by atoms with Gasteiger partial charge in [0, 0.05) is 7.11 Å². The monoisotopic (exact) mass is 364 g/mol. The Bertz CT molecular complexity index is 526. The highest BCUT2D eigenvalue weighted by molar-refractivity contribution is 5.10. The normalized spacial score (nSPS) is 51.5. The van der Waals surface area contributed by atoms with E-state index in [9.17, 15) is 5.11 Å². The van der Waals surface area contributed by atoms with Crippen LogP contribution in [0.1, 0.15) is 85.5 Å². The van der Waals surface area contributed by atoms with Crippen LogP contribution in [0.5, 0.6) is 0 Å². The molecule has 0 saturated heterocycles. The van der Waals surface area contributed by atoms with Crippen LogP contribution in [0, 0.1) is 34.5 Å². The second kappa shape index (κ2) is 6.46. The molecule has 0 unspecified atom stereocenters. The number of hydrogen-bond acceptors (Lipinski definition) is 3. The van der Waals surface area contributed by atoms with Crippen molar-refractivity contribution in [3.8, 4) is 0 Å². The Morgan fingerprint density at radius 1 is 0.885 bits per heavy atom. The largest absolute Gasteiger partial charge is 0.381 e. The van der Waals surface area contributed by atoms with Crippen molar-refractivity contribution in [2.45, 2.75) is 103 Å². The minimum absolute atomic E-state index is 0.221. The zero-order valence-electron chi connectivity index (χ0n) is 17.6. The topological polar surface area (TPSA) is 38.7 Å². The summed E-state index contributed by atoms with van der Waals surface area (Å²) < 4.78 is 12.0. The fraction of sp³-hybridized carbons (Fsp3) is 1.00. The van der Waals surface area contributed by atoms with Gasteiger partial charge < -0.3 is 14.6 Å². The van der Waals surface area contributed by atoms with Gasteiger partial charge in [-0.3, -0.25) is 0 Å². The summed E-state index contributed by atoms with van der Waals surface area (Å²) in [4.78, 5) is 0. The molecule has 0 heterocycles. The molecule has 4 fully saturated rings. The molecule has 4 aliphatic carbocycles. The van der Waals surface area contributed by atoms with Crippen molar-refractivity contribution in [1.29, 1.82) is 0 Å².